The van der Waals surface area contributed by atoms with Gasteiger partial charge in [0, 0.05) is 29.8 Å². The van der Waals surface area contributed by atoms with Crippen LogP contribution in [0.25, 0.3) is 10.9 Å². The second-order valence-corrected chi connectivity index (χ2v) is 10.0. The number of rotatable bonds is 5. The Kier molecular flexibility index (Phi) is 5.31. The Morgan fingerprint density at radius 2 is 2.00 bits per heavy atom. The van der Waals surface area contributed by atoms with Crippen LogP contribution in [0.3, 0.4) is 0 Å². The van der Waals surface area contributed by atoms with Gasteiger partial charge in [-0.15, -0.1) is 0 Å². The maximum absolute atomic E-state index is 14.4. The van der Waals surface area contributed by atoms with E-state index in [1.807, 2.05) is 4.57 Å². The van der Waals surface area contributed by atoms with Crippen LogP contribution in [-0.2, 0) is 27.6 Å². The highest BCUT2D eigenvalue weighted by molar-refractivity contribution is 7.91. The first-order valence-electron chi connectivity index (χ1n) is 9.94. The van der Waals surface area contributed by atoms with Crippen molar-refractivity contribution in [3.05, 3.63) is 64.6 Å². The van der Waals surface area contributed by atoms with E-state index in [0.29, 0.717) is 35.9 Å². The van der Waals surface area contributed by atoms with Gasteiger partial charge in [0.1, 0.15) is 5.82 Å². The van der Waals surface area contributed by atoms with Crippen LogP contribution >= 0.6 is 0 Å². The number of fused-ring (bicyclic) bond motifs is 3. The van der Waals surface area contributed by atoms with Crippen LogP contribution in [-0.4, -0.2) is 30.3 Å². The Bertz CT molecular complexity index is 1330. The molecule has 0 radical (unpaired) electrons. The second kappa shape index (κ2) is 7.82. The SMILES string of the molecule is CS(=O)(=O)c1cc(F)cc2c3c(n(Cc4ccc(C#N)cc4)c12)C(CC(=O)O)CCC3. The minimum absolute atomic E-state index is 0.0760. The maximum atomic E-state index is 14.4. The van der Waals surface area contributed by atoms with Crippen LogP contribution in [0.15, 0.2) is 41.3 Å². The van der Waals surface area contributed by atoms with Crippen molar-refractivity contribution in [2.75, 3.05) is 6.26 Å². The highest BCUT2D eigenvalue weighted by atomic mass is 32.2. The van der Waals surface area contributed by atoms with Gasteiger partial charge in [-0.25, -0.2) is 12.8 Å². The molecule has 1 aromatic heterocycles. The van der Waals surface area contributed by atoms with E-state index < -0.39 is 21.6 Å². The van der Waals surface area contributed by atoms with E-state index in [1.165, 1.54) is 6.07 Å². The number of carbonyl (C=O) groups is 1. The number of benzene rings is 2. The molecule has 160 valence electrons. The standard InChI is InChI=1S/C23H21FN2O4S/c1-31(29,30)20-11-17(24)10-19-18-4-2-3-16(9-21(27)28)22(18)26(23(19)20)13-15-7-5-14(12-25)6-8-15/h5-8,10-11,16H,2-4,9,13H2,1H3,(H,27,28). The van der Waals surface area contributed by atoms with E-state index >= 15 is 0 Å². The van der Waals surface area contributed by atoms with Gasteiger partial charge in [0.2, 0.25) is 0 Å². The molecule has 6 nitrogen and oxygen atoms in total. The Labute approximate surface area is 179 Å². The summed E-state index contributed by atoms with van der Waals surface area (Å²) < 4.78 is 41.4. The Morgan fingerprint density at radius 3 is 2.61 bits per heavy atom. The van der Waals surface area contributed by atoms with Crippen LogP contribution in [0, 0.1) is 17.1 Å². The van der Waals surface area contributed by atoms with Crippen molar-refractivity contribution in [3.63, 3.8) is 0 Å². The molecule has 8 heteroatoms. The predicted octanol–water partition coefficient (Wildman–Crippen LogP) is 4.00. The molecule has 1 N–H and O–H groups in total. The lowest BCUT2D eigenvalue weighted by Gasteiger charge is -2.25. The molecule has 31 heavy (non-hydrogen) atoms. The fourth-order valence-corrected chi connectivity index (χ4v) is 5.52. The van der Waals surface area contributed by atoms with Gasteiger partial charge < -0.3 is 9.67 Å². The third-order valence-corrected chi connectivity index (χ3v) is 6.96. The van der Waals surface area contributed by atoms with Crippen molar-refractivity contribution in [1.29, 1.82) is 5.26 Å². The third-order valence-electron chi connectivity index (χ3n) is 5.85. The topological polar surface area (TPSA) is 100 Å². The quantitative estimate of drug-likeness (QED) is 0.646. The first kappa shape index (κ1) is 21.1. The fraction of sp³-hybridized carbons (Fsp3) is 0.304. The third kappa shape index (κ3) is 3.93. The summed E-state index contributed by atoms with van der Waals surface area (Å²) in [5.41, 5.74) is 3.34. The lowest BCUT2D eigenvalue weighted by molar-refractivity contribution is -0.137. The second-order valence-electron chi connectivity index (χ2n) is 8.02. The number of nitriles is 1. The molecule has 2 aromatic carbocycles. The number of carboxylic acid groups (broad SMARTS) is 1. The summed E-state index contributed by atoms with van der Waals surface area (Å²) in [6, 6.07) is 11.4. The van der Waals surface area contributed by atoms with Crippen molar-refractivity contribution in [1.82, 2.24) is 4.57 Å². The first-order valence-corrected chi connectivity index (χ1v) is 11.8. The Hall–Kier alpha value is -3.18. The zero-order chi connectivity index (χ0) is 22.3. The van der Waals surface area contributed by atoms with Crippen LogP contribution < -0.4 is 0 Å². The van der Waals surface area contributed by atoms with E-state index in [4.69, 9.17) is 5.26 Å². The van der Waals surface area contributed by atoms with Crippen molar-refractivity contribution < 1.29 is 22.7 Å². The summed E-state index contributed by atoms with van der Waals surface area (Å²) in [4.78, 5) is 11.4. The number of aryl methyl sites for hydroxylation is 1. The summed E-state index contributed by atoms with van der Waals surface area (Å²) in [6.45, 7) is 0.293. The molecule has 4 rings (SSSR count). The molecular formula is C23H21FN2O4S. The minimum Gasteiger partial charge on any atom is -0.481 e. The molecular weight excluding hydrogens is 419 g/mol. The van der Waals surface area contributed by atoms with E-state index in [1.54, 1.807) is 24.3 Å². The minimum atomic E-state index is -3.74. The highest BCUT2D eigenvalue weighted by Gasteiger charge is 2.32. The Morgan fingerprint density at radius 1 is 1.29 bits per heavy atom. The summed E-state index contributed by atoms with van der Waals surface area (Å²) in [6.07, 6.45) is 3.03. The molecule has 1 unspecified atom stereocenters. The normalized spacial score (nSPS) is 16.1. The summed E-state index contributed by atoms with van der Waals surface area (Å²) >= 11 is 0. The van der Waals surface area contributed by atoms with Crippen LogP contribution in [0.2, 0.25) is 0 Å². The molecule has 1 heterocycles. The molecule has 0 saturated carbocycles. The molecule has 1 aliphatic carbocycles. The van der Waals surface area contributed by atoms with Crippen molar-refractivity contribution in [2.24, 2.45) is 0 Å². The average molecular weight is 440 g/mol. The molecule has 1 atom stereocenters. The monoisotopic (exact) mass is 440 g/mol. The van der Waals surface area contributed by atoms with E-state index in [-0.39, 0.29) is 17.2 Å². The molecule has 0 saturated heterocycles. The van der Waals surface area contributed by atoms with Gasteiger partial charge in [-0.2, -0.15) is 5.26 Å². The lowest BCUT2D eigenvalue weighted by atomic mass is 9.84. The summed E-state index contributed by atoms with van der Waals surface area (Å²) in [5.74, 6) is -1.85. The molecule has 0 aliphatic heterocycles. The molecule has 0 bridgehead atoms. The van der Waals surface area contributed by atoms with Gasteiger partial charge in [0.15, 0.2) is 9.84 Å². The molecule has 3 aromatic rings. The molecule has 1 aliphatic rings. The summed E-state index contributed by atoms with van der Waals surface area (Å²) in [7, 11) is -3.74. The highest BCUT2D eigenvalue weighted by Crippen LogP contribution is 2.42. The number of carboxylic acids is 1. The predicted molar refractivity (Wildman–Crippen MR) is 113 cm³/mol. The number of sulfone groups is 1. The van der Waals surface area contributed by atoms with E-state index in [2.05, 4.69) is 6.07 Å². The Balaban J connectivity index is 2.03. The van der Waals surface area contributed by atoms with Crippen molar-refractivity contribution >= 4 is 26.7 Å². The maximum Gasteiger partial charge on any atom is 0.304 e. The van der Waals surface area contributed by atoms with Gasteiger partial charge in [-0.05, 0) is 54.7 Å². The van der Waals surface area contributed by atoms with E-state index in [0.717, 1.165) is 35.6 Å². The van der Waals surface area contributed by atoms with Gasteiger partial charge in [0.05, 0.1) is 28.5 Å². The van der Waals surface area contributed by atoms with E-state index in [9.17, 15) is 22.7 Å². The van der Waals surface area contributed by atoms with Gasteiger partial charge in [-0.1, -0.05) is 12.1 Å². The van der Waals surface area contributed by atoms with Crippen LogP contribution in [0.4, 0.5) is 4.39 Å². The fourth-order valence-electron chi connectivity index (χ4n) is 4.62. The number of aromatic nitrogens is 1. The first-order chi connectivity index (χ1) is 14.7. The molecule has 0 spiro atoms. The lowest BCUT2D eigenvalue weighted by Crippen LogP contribution is -2.18. The van der Waals surface area contributed by atoms with Crippen molar-refractivity contribution in [2.45, 2.75) is 43.0 Å². The smallest absolute Gasteiger partial charge is 0.304 e. The van der Waals surface area contributed by atoms with Crippen LogP contribution in [0.5, 0.6) is 0 Å². The zero-order valence-electron chi connectivity index (χ0n) is 16.9. The van der Waals surface area contributed by atoms with Gasteiger partial charge >= 0.3 is 5.97 Å². The number of aliphatic carboxylic acids is 1. The number of nitrogens with zero attached hydrogens (tertiary/aromatic N) is 2. The average Bonchev–Trinajstić information content (AvgIpc) is 3.01. The van der Waals surface area contributed by atoms with Gasteiger partial charge in [-0.3, -0.25) is 4.79 Å². The largest absolute Gasteiger partial charge is 0.481 e. The van der Waals surface area contributed by atoms with Crippen molar-refractivity contribution in [3.8, 4) is 6.07 Å². The zero-order valence-corrected chi connectivity index (χ0v) is 17.7. The number of hydrogen-bond donors (Lipinski definition) is 1. The van der Waals surface area contributed by atoms with Crippen LogP contribution in [0.1, 0.15) is 47.6 Å². The molecule has 0 fully saturated rings. The number of hydrogen-bond acceptors (Lipinski definition) is 4. The van der Waals surface area contributed by atoms with Gasteiger partial charge in [0.25, 0.3) is 0 Å². The molecule has 0 amide bonds. The number of halogens is 1. The summed E-state index contributed by atoms with van der Waals surface area (Å²) in [5, 5.41) is 19.0.